The number of carbonyl (C=O) groups excluding carboxylic acids is 2. The predicted molar refractivity (Wildman–Crippen MR) is 98.8 cm³/mol. The maximum Gasteiger partial charge on any atom is 0.234 e. The molecule has 0 aliphatic heterocycles. The van der Waals surface area contributed by atoms with Gasteiger partial charge in [-0.15, -0.1) is 11.8 Å². The number of para-hydroxylation sites is 1. The van der Waals surface area contributed by atoms with Crippen molar-refractivity contribution in [1.29, 1.82) is 0 Å². The molecule has 0 fully saturated rings. The van der Waals surface area contributed by atoms with Crippen LogP contribution in [0.15, 0.2) is 48.5 Å². The van der Waals surface area contributed by atoms with E-state index in [1.807, 2.05) is 31.2 Å². The van der Waals surface area contributed by atoms with Crippen LogP contribution < -0.4 is 15.4 Å². The molecule has 2 rings (SSSR count). The molecule has 0 spiro atoms. The highest BCUT2D eigenvalue weighted by molar-refractivity contribution is 8.00. The van der Waals surface area contributed by atoms with Crippen molar-refractivity contribution in [2.24, 2.45) is 0 Å². The Balaban J connectivity index is 1.71. The van der Waals surface area contributed by atoms with Crippen LogP contribution in [-0.2, 0) is 9.59 Å². The summed E-state index contributed by atoms with van der Waals surface area (Å²) < 4.78 is 5.06. The van der Waals surface area contributed by atoms with Crippen molar-refractivity contribution >= 4 is 35.0 Å². The lowest BCUT2D eigenvalue weighted by molar-refractivity contribution is -0.114. The van der Waals surface area contributed by atoms with Gasteiger partial charge in [0.2, 0.25) is 11.8 Å². The lowest BCUT2D eigenvalue weighted by Gasteiger charge is -2.08. The third-order valence-electron chi connectivity index (χ3n) is 3.26. The lowest BCUT2D eigenvalue weighted by Crippen LogP contribution is -2.18. The average Bonchev–Trinajstić information content (AvgIpc) is 2.57. The molecule has 126 valence electrons. The van der Waals surface area contributed by atoms with Crippen LogP contribution >= 0.6 is 11.8 Å². The van der Waals surface area contributed by atoms with E-state index >= 15 is 0 Å². The number of carbonyl (C=O) groups is 2. The summed E-state index contributed by atoms with van der Waals surface area (Å²) in [5.74, 6) is 0.910. The van der Waals surface area contributed by atoms with Gasteiger partial charge in [0, 0.05) is 11.4 Å². The van der Waals surface area contributed by atoms with Crippen molar-refractivity contribution in [2.45, 2.75) is 6.92 Å². The minimum absolute atomic E-state index is 0.119. The van der Waals surface area contributed by atoms with E-state index in [0.29, 0.717) is 5.69 Å². The zero-order valence-corrected chi connectivity index (χ0v) is 14.5. The smallest absolute Gasteiger partial charge is 0.234 e. The molecule has 0 unspecified atom stereocenters. The average molecular weight is 344 g/mol. The van der Waals surface area contributed by atoms with Gasteiger partial charge in [0.25, 0.3) is 0 Å². The number of anilines is 2. The van der Waals surface area contributed by atoms with Crippen LogP contribution in [-0.4, -0.2) is 30.4 Å². The second kappa shape index (κ2) is 8.98. The van der Waals surface area contributed by atoms with Crippen molar-refractivity contribution in [2.75, 3.05) is 29.2 Å². The van der Waals surface area contributed by atoms with Gasteiger partial charge in [-0.25, -0.2) is 0 Å². The molecule has 0 aliphatic carbocycles. The molecule has 2 N–H and O–H groups in total. The Hall–Kier alpha value is -2.47. The molecule has 0 saturated carbocycles. The molecule has 2 amide bonds. The summed E-state index contributed by atoms with van der Waals surface area (Å²) in [7, 11) is 1.59. The molecular formula is C18H20N2O3S. The number of aryl methyl sites for hydroxylation is 1. The summed E-state index contributed by atoms with van der Waals surface area (Å²) in [6.45, 7) is 1.94. The molecule has 0 bridgehead atoms. The van der Waals surface area contributed by atoms with Gasteiger partial charge in [-0.1, -0.05) is 18.2 Å². The highest BCUT2D eigenvalue weighted by Gasteiger charge is 2.07. The Labute approximate surface area is 145 Å². The maximum atomic E-state index is 11.9. The normalized spacial score (nSPS) is 10.1. The Morgan fingerprint density at radius 3 is 2.21 bits per heavy atom. The third kappa shape index (κ3) is 5.62. The number of nitrogens with one attached hydrogen (secondary N) is 2. The quantitative estimate of drug-likeness (QED) is 0.809. The highest BCUT2D eigenvalue weighted by atomic mass is 32.2. The lowest BCUT2D eigenvalue weighted by atomic mass is 10.2. The summed E-state index contributed by atoms with van der Waals surface area (Å²) >= 11 is 1.27. The van der Waals surface area contributed by atoms with Crippen LogP contribution in [0.2, 0.25) is 0 Å². The summed E-state index contributed by atoms with van der Waals surface area (Å²) in [6, 6.07) is 14.7. The standard InChI is InChI=1S/C18H20N2O3S/c1-13-5-3-4-6-16(13)20-18(22)12-24-11-17(21)19-14-7-9-15(23-2)10-8-14/h3-10H,11-12H2,1-2H3,(H,19,21)(H,20,22). The zero-order valence-electron chi connectivity index (χ0n) is 13.7. The monoisotopic (exact) mass is 344 g/mol. The Morgan fingerprint density at radius 2 is 1.58 bits per heavy atom. The number of benzene rings is 2. The van der Waals surface area contributed by atoms with Gasteiger partial charge < -0.3 is 15.4 Å². The van der Waals surface area contributed by atoms with E-state index in [1.54, 1.807) is 31.4 Å². The minimum Gasteiger partial charge on any atom is -0.497 e. The first-order valence-electron chi connectivity index (χ1n) is 7.45. The van der Waals surface area contributed by atoms with Crippen LogP contribution in [0, 0.1) is 6.92 Å². The van der Waals surface area contributed by atoms with Crippen LogP contribution in [0.4, 0.5) is 11.4 Å². The maximum absolute atomic E-state index is 11.9. The van der Waals surface area contributed by atoms with Gasteiger partial charge in [-0.3, -0.25) is 9.59 Å². The fourth-order valence-electron chi connectivity index (χ4n) is 2.01. The fourth-order valence-corrected chi connectivity index (χ4v) is 2.62. The van der Waals surface area contributed by atoms with Crippen LogP contribution in [0.25, 0.3) is 0 Å². The number of ether oxygens (including phenoxy) is 1. The van der Waals surface area contributed by atoms with E-state index in [1.165, 1.54) is 11.8 Å². The number of hydrogen-bond donors (Lipinski definition) is 2. The summed E-state index contributed by atoms with van der Waals surface area (Å²) in [4.78, 5) is 23.8. The van der Waals surface area contributed by atoms with Crippen LogP contribution in [0.5, 0.6) is 5.75 Å². The van der Waals surface area contributed by atoms with E-state index in [0.717, 1.165) is 17.0 Å². The zero-order chi connectivity index (χ0) is 17.4. The molecule has 0 aromatic heterocycles. The predicted octanol–water partition coefficient (Wildman–Crippen LogP) is 3.31. The minimum atomic E-state index is -0.145. The number of methoxy groups -OCH3 is 1. The highest BCUT2D eigenvalue weighted by Crippen LogP contribution is 2.16. The van der Waals surface area contributed by atoms with Gasteiger partial charge in [0.1, 0.15) is 5.75 Å². The van der Waals surface area contributed by atoms with Crippen molar-refractivity contribution in [3.8, 4) is 5.75 Å². The van der Waals surface area contributed by atoms with Gasteiger partial charge in [-0.05, 0) is 42.8 Å². The summed E-state index contributed by atoms with van der Waals surface area (Å²) in [6.07, 6.45) is 0. The van der Waals surface area contributed by atoms with Gasteiger partial charge >= 0.3 is 0 Å². The number of amides is 2. The first-order valence-corrected chi connectivity index (χ1v) is 8.61. The Morgan fingerprint density at radius 1 is 0.958 bits per heavy atom. The third-order valence-corrected chi connectivity index (χ3v) is 4.19. The van der Waals surface area contributed by atoms with E-state index in [9.17, 15) is 9.59 Å². The van der Waals surface area contributed by atoms with Gasteiger partial charge in [-0.2, -0.15) is 0 Å². The van der Waals surface area contributed by atoms with Crippen LogP contribution in [0.1, 0.15) is 5.56 Å². The number of thioether (sulfide) groups is 1. The second-order valence-corrected chi connectivity index (χ2v) is 6.12. The largest absolute Gasteiger partial charge is 0.497 e. The first-order chi connectivity index (χ1) is 11.6. The molecule has 0 saturated heterocycles. The van der Waals surface area contributed by atoms with Gasteiger partial charge in [0.15, 0.2) is 0 Å². The van der Waals surface area contributed by atoms with Gasteiger partial charge in [0.05, 0.1) is 18.6 Å². The Kier molecular flexibility index (Phi) is 6.69. The second-order valence-electron chi connectivity index (χ2n) is 5.13. The van der Waals surface area contributed by atoms with E-state index in [-0.39, 0.29) is 23.3 Å². The van der Waals surface area contributed by atoms with Crippen molar-refractivity contribution in [1.82, 2.24) is 0 Å². The van der Waals surface area contributed by atoms with Crippen molar-refractivity contribution in [3.05, 3.63) is 54.1 Å². The fraction of sp³-hybridized carbons (Fsp3) is 0.222. The molecule has 0 heterocycles. The van der Waals surface area contributed by atoms with Crippen LogP contribution in [0.3, 0.4) is 0 Å². The number of rotatable bonds is 7. The molecule has 0 atom stereocenters. The Bertz CT molecular complexity index is 702. The van der Waals surface area contributed by atoms with E-state index in [4.69, 9.17) is 4.74 Å². The molecule has 24 heavy (non-hydrogen) atoms. The SMILES string of the molecule is COc1ccc(NC(=O)CSCC(=O)Nc2ccccc2C)cc1. The van der Waals surface area contributed by atoms with Crippen molar-refractivity contribution in [3.63, 3.8) is 0 Å². The molecular weight excluding hydrogens is 324 g/mol. The topological polar surface area (TPSA) is 67.4 Å². The first kappa shape index (κ1) is 17.9. The van der Waals surface area contributed by atoms with E-state index in [2.05, 4.69) is 10.6 Å². The molecule has 2 aromatic rings. The summed E-state index contributed by atoms with van der Waals surface area (Å²) in [5, 5.41) is 5.62. The molecule has 0 radical (unpaired) electrons. The molecule has 6 heteroatoms. The van der Waals surface area contributed by atoms with E-state index < -0.39 is 0 Å². The van der Waals surface area contributed by atoms with Crippen molar-refractivity contribution < 1.29 is 14.3 Å². The summed E-state index contributed by atoms with van der Waals surface area (Å²) in [5.41, 5.74) is 2.50. The molecule has 5 nitrogen and oxygen atoms in total. The molecule has 0 aliphatic rings. The molecule has 2 aromatic carbocycles. The number of hydrogen-bond acceptors (Lipinski definition) is 4.